The van der Waals surface area contributed by atoms with Crippen molar-refractivity contribution >= 4 is 34.4 Å². The summed E-state index contributed by atoms with van der Waals surface area (Å²) < 4.78 is 11.1. The van der Waals surface area contributed by atoms with Crippen LogP contribution in [0.4, 0.5) is 5.69 Å². The highest BCUT2D eigenvalue weighted by atomic mass is 16.5. The molecule has 10 heteroatoms. The van der Waals surface area contributed by atoms with E-state index in [4.69, 9.17) is 20.0 Å². The molecule has 1 heterocycles. The van der Waals surface area contributed by atoms with Crippen LogP contribution in [0.5, 0.6) is 5.75 Å². The number of carboxylic acid groups (broad SMARTS) is 1. The number of ether oxygens (including phenoxy) is 1. The second-order valence-corrected chi connectivity index (χ2v) is 8.83. The molecule has 0 radical (unpaired) electrons. The highest BCUT2D eigenvalue weighted by Gasteiger charge is 2.22. The summed E-state index contributed by atoms with van der Waals surface area (Å²) in [7, 11) is 0. The van der Waals surface area contributed by atoms with Crippen molar-refractivity contribution < 1.29 is 28.6 Å². The van der Waals surface area contributed by atoms with Crippen molar-refractivity contribution in [3.63, 3.8) is 0 Å². The Morgan fingerprint density at radius 1 is 1.06 bits per heavy atom. The van der Waals surface area contributed by atoms with E-state index in [1.54, 1.807) is 50.2 Å². The number of benzene rings is 2. The van der Waals surface area contributed by atoms with Gasteiger partial charge in [-0.25, -0.2) is 9.59 Å². The van der Waals surface area contributed by atoms with Gasteiger partial charge in [-0.15, -0.1) is 0 Å². The summed E-state index contributed by atoms with van der Waals surface area (Å²) in [6.07, 6.45) is 0. The van der Waals surface area contributed by atoms with Gasteiger partial charge < -0.3 is 30.6 Å². The largest absolute Gasteiger partial charge is 0.488 e. The average molecular weight is 496 g/mol. The van der Waals surface area contributed by atoms with E-state index in [1.165, 1.54) is 6.07 Å². The number of nitrogens with two attached hydrogens (primary N) is 1. The molecule has 36 heavy (non-hydrogen) atoms. The highest BCUT2D eigenvalue weighted by Crippen LogP contribution is 2.27. The van der Waals surface area contributed by atoms with E-state index in [1.807, 2.05) is 13.8 Å². The lowest BCUT2D eigenvalue weighted by molar-refractivity contribution is -0.127. The van der Waals surface area contributed by atoms with Crippen molar-refractivity contribution in [2.45, 2.75) is 46.4 Å². The Labute approximate surface area is 207 Å². The van der Waals surface area contributed by atoms with Crippen molar-refractivity contribution in [2.24, 2.45) is 11.7 Å². The smallest absolute Gasteiger partial charge is 0.351 e. The van der Waals surface area contributed by atoms with Crippen LogP contribution in [0.25, 0.3) is 11.0 Å². The van der Waals surface area contributed by atoms with Crippen LogP contribution in [0, 0.1) is 12.8 Å². The molecule has 0 saturated carbocycles. The number of carbonyl (C=O) groups is 3. The molecule has 3 rings (SSSR count). The Kier molecular flexibility index (Phi) is 8.11. The Hall–Kier alpha value is -4.18. The number of aryl methyl sites for hydroxylation is 1. The number of hydrogen-bond donors (Lipinski definition) is 4. The fourth-order valence-electron chi connectivity index (χ4n) is 3.39. The molecule has 0 fully saturated rings. The summed E-state index contributed by atoms with van der Waals surface area (Å²) >= 11 is 0. The quantitative estimate of drug-likeness (QED) is 0.330. The van der Waals surface area contributed by atoms with Crippen LogP contribution in [0.1, 0.15) is 42.3 Å². The summed E-state index contributed by atoms with van der Waals surface area (Å²) in [6.45, 7) is 7.16. The minimum absolute atomic E-state index is 0.0447. The molecule has 2 atom stereocenters. The first-order valence-corrected chi connectivity index (χ1v) is 11.4. The van der Waals surface area contributed by atoms with Gasteiger partial charge in [0.25, 0.3) is 0 Å². The van der Waals surface area contributed by atoms with Crippen molar-refractivity contribution in [3.8, 4) is 5.75 Å². The number of hydrogen-bond acceptors (Lipinski definition) is 7. The third-order valence-electron chi connectivity index (χ3n) is 5.72. The Morgan fingerprint density at radius 3 is 2.33 bits per heavy atom. The molecule has 2 amide bonds. The predicted molar refractivity (Wildman–Crippen MR) is 134 cm³/mol. The summed E-state index contributed by atoms with van der Waals surface area (Å²) in [5, 5.41) is 14.9. The van der Waals surface area contributed by atoms with Crippen LogP contribution in [0.15, 0.2) is 51.7 Å². The number of carboxylic acids is 1. The number of carbonyl (C=O) groups excluding carboxylic acids is 2. The maximum Gasteiger partial charge on any atom is 0.351 e. The van der Waals surface area contributed by atoms with Crippen LogP contribution in [-0.4, -0.2) is 35.0 Å². The van der Waals surface area contributed by atoms with Crippen LogP contribution < -0.4 is 26.7 Å². The molecule has 0 aliphatic carbocycles. The van der Waals surface area contributed by atoms with Gasteiger partial charge in [0.2, 0.25) is 11.8 Å². The fraction of sp³-hybridized carbons (Fsp3) is 0.308. The van der Waals surface area contributed by atoms with E-state index in [2.05, 4.69) is 10.6 Å². The van der Waals surface area contributed by atoms with Gasteiger partial charge >= 0.3 is 11.6 Å². The van der Waals surface area contributed by atoms with Crippen LogP contribution in [-0.2, 0) is 16.2 Å². The molecule has 3 aromatic rings. The predicted octanol–water partition coefficient (Wildman–Crippen LogP) is 2.81. The minimum Gasteiger partial charge on any atom is -0.488 e. The molecule has 0 saturated heterocycles. The molecule has 5 N–H and O–H groups in total. The molecule has 2 aromatic carbocycles. The molecule has 0 aliphatic heterocycles. The van der Waals surface area contributed by atoms with Gasteiger partial charge in [0, 0.05) is 16.6 Å². The van der Waals surface area contributed by atoms with E-state index >= 15 is 0 Å². The molecule has 0 spiro atoms. The van der Waals surface area contributed by atoms with E-state index in [0.29, 0.717) is 22.4 Å². The van der Waals surface area contributed by atoms with Crippen molar-refractivity contribution in [1.82, 2.24) is 5.32 Å². The molecule has 0 aliphatic rings. The molecule has 0 bridgehead atoms. The lowest BCUT2D eigenvalue weighted by Crippen LogP contribution is -2.50. The first kappa shape index (κ1) is 26.4. The minimum atomic E-state index is -1.35. The van der Waals surface area contributed by atoms with Crippen LogP contribution >= 0.6 is 0 Å². The molecular formula is C26H29N3O7. The molecular weight excluding hydrogens is 466 g/mol. The molecule has 1 aromatic heterocycles. The molecule has 2 unspecified atom stereocenters. The Balaban J connectivity index is 1.62. The number of aromatic carboxylic acids is 1. The molecule has 10 nitrogen and oxygen atoms in total. The maximum atomic E-state index is 12.4. The highest BCUT2D eigenvalue weighted by molar-refractivity contribution is 5.97. The fourth-order valence-corrected chi connectivity index (χ4v) is 3.39. The molecule has 190 valence electrons. The van der Waals surface area contributed by atoms with Gasteiger partial charge in [0.15, 0.2) is 0 Å². The van der Waals surface area contributed by atoms with Gasteiger partial charge in [0.05, 0.1) is 6.04 Å². The van der Waals surface area contributed by atoms with Crippen molar-refractivity contribution in [3.05, 3.63) is 69.6 Å². The zero-order chi connectivity index (χ0) is 26.6. The number of fused-ring (bicyclic) bond motifs is 1. The van der Waals surface area contributed by atoms with Crippen molar-refractivity contribution in [2.75, 3.05) is 5.32 Å². The van der Waals surface area contributed by atoms with Gasteiger partial charge in [0.1, 0.15) is 29.5 Å². The lowest BCUT2D eigenvalue weighted by atomic mass is 10.0. The topological polar surface area (TPSA) is 161 Å². The number of nitrogens with one attached hydrogen (secondary N) is 2. The summed E-state index contributed by atoms with van der Waals surface area (Å²) in [5.74, 6) is -1.67. The monoisotopic (exact) mass is 495 g/mol. The van der Waals surface area contributed by atoms with Crippen LogP contribution in [0.3, 0.4) is 0 Å². The zero-order valence-electron chi connectivity index (χ0n) is 20.5. The standard InChI is InChI=1S/C26H29N3O7/c1-13(2)21(27)24(31)28-15(4)23(30)29-18-8-5-16(6-9-18)12-35-20-10-7-17-11-19(25(32)33)26(34)36-22(17)14(20)3/h5-11,13,15,21H,12,27H2,1-4H3,(H,28,31)(H,29,30)(H,32,33). The second-order valence-electron chi connectivity index (χ2n) is 8.83. The van der Waals surface area contributed by atoms with E-state index in [0.717, 1.165) is 5.56 Å². The van der Waals surface area contributed by atoms with E-state index in [-0.39, 0.29) is 29.9 Å². The average Bonchev–Trinajstić information content (AvgIpc) is 2.83. The SMILES string of the molecule is Cc1c(OCc2ccc(NC(=O)C(C)NC(=O)C(N)C(C)C)cc2)ccc2cc(C(=O)O)c(=O)oc12. The van der Waals surface area contributed by atoms with Gasteiger partial charge in [-0.2, -0.15) is 0 Å². The van der Waals surface area contributed by atoms with Gasteiger partial charge in [-0.1, -0.05) is 26.0 Å². The third-order valence-corrected chi connectivity index (χ3v) is 5.72. The number of rotatable bonds is 9. The number of anilines is 1. The Morgan fingerprint density at radius 2 is 1.72 bits per heavy atom. The van der Waals surface area contributed by atoms with Crippen molar-refractivity contribution in [1.29, 1.82) is 0 Å². The first-order chi connectivity index (χ1) is 17.0. The first-order valence-electron chi connectivity index (χ1n) is 11.4. The normalized spacial score (nSPS) is 12.7. The van der Waals surface area contributed by atoms with Gasteiger partial charge in [-0.3, -0.25) is 9.59 Å². The lowest BCUT2D eigenvalue weighted by Gasteiger charge is -2.19. The number of amides is 2. The van der Waals surface area contributed by atoms with E-state index in [9.17, 15) is 19.2 Å². The third kappa shape index (κ3) is 6.08. The second kappa shape index (κ2) is 11.0. The van der Waals surface area contributed by atoms with Crippen LogP contribution in [0.2, 0.25) is 0 Å². The Bertz CT molecular complexity index is 1350. The zero-order valence-corrected chi connectivity index (χ0v) is 20.5. The van der Waals surface area contributed by atoms with Gasteiger partial charge in [-0.05, 0) is 55.7 Å². The van der Waals surface area contributed by atoms with E-state index < -0.39 is 29.2 Å². The summed E-state index contributed by atoms with van der Waals surface area (Å²) in [4.78, 5) is 47.6. The summed E-state index contributed by atoms with van der Waals surface area (Å²) in [6, 6.07) is 10.1. The summed E-state index contributed by atoms with van der Waals surface area (Å²) in [5.41, 5.74) is 6.65. The maximum absolute atomic E-state index is 12.4.